The van der Waals surface area contributed by atoms with Crippen LogP contribution in [0.4, 0.5) is 5.82 Å². The number of anilines is 1. The van der Waals surface area contributed by atoms with Gasteiger partial charge in [0.25, 0.3) is 5.56 Å². The lowest BCUT2D eigenvalue weighted by Crippen LogP contribution is -2.37. The second kappa shape index (κ2) is 5.81. The number of hydrogen-bond acceptors (Lipinski definition) is 4. The first-order valence-electron chi connectivity index (χ1n) is 8.71. The Hall–Kier alpha value is -3.38. The Labute approximate surface area is 164 Å². The van der Waals surface area contributed by atoms with E-state index in [-0.39, 0.29) is 5.78 Å². The Morgan fingerprint density at radius 1 is 0.964 bits per heavy atom. The molecule has 2 aromatic carbocycles. The minimum Gasteiger partial charge on any atom is -0.340 e. The topological polar surface area (TPSA) is 84.0 Å². The van der Waals surface area contributed by atoms with Crippen LogP contribution in [0.2, 0.25) is 5.02 Å². The van der Waals surface area contributed by atoms with Gasteiger partial charge in [0, 0.05) is 34.7 Å². The number of carbonyl (C=O) groups excluding carboxylic acids is 1. The summed E-state index contributed by atoms with van der Waals surface area (Å²) in [6.45, 7) is 0. The zero-order valence-corrected chi connectivity index (χ0v) is 15.5. The molecule has 3 aromatic rings. The highest BCUT2D eigenvalue weighted by Gasteiger charge is 2.42. The summed E-state index contributed by atoms with van der Waals surface area (Å²) in [6.07, 6.45) is 0. The molecule has 2 heterocycles. The molecule has 1 aliphatic heterocycles. The maximum absolute atomic E-state index is 13.2. The van der Waals surface area contributed by atoms with E-state index in [1.807, 2.05) is 18.2 Å². The first-order valence-corrected chi connectivity index (χ1v) is 9.09. The molecule has 2 N–H and O–H groups in total. The van der Waals surface area contributed by atoms with Crippen LogP contribution in [-0.4, -0.2) is 15.3 Å². The molecule has 6 nitrogen and oxygen atoms in total. The van der Waals surface area contributed by atoms with Crippen LogP contribution in [0.15, 0.2) is 63.7 Å². The van der Waals surface area contributed by atoms with Crippen molar-refractivity contribution in [1.29, 1.82) is 0 Å². The number of allylic oxidation sites excluding steroid dienone is 1. The second-order valence-corrected chi connectivity index (χ2v) is 7.29. The van der Waals surface area contributed by atoms with E-state index in [1.165, 1.54) is 4.57 Å². The summed E-state index contributed by atoms with van der Waals surface area (Å²) < 4.78 is 1.36. The van der Waals surface area contributed by atoms with E-state index in [2.05, 4.69) is 10.3 Å². The molecule has 28 heavy (non-hydrogen) atoms. The van der Waals surface area contributed by atoms with E-state index in [0.29, 0.717) is 33.2 Å². The van der Waals surface area contributed by atoms with Gasteiger partial charge in [-0.05, 0) is 17.7 Å². The predicted octanol–water partition coefficient (Wildman–Crippen LogP) is 2.89. The van der Waals surface area contributed by atoms with Crippen LogP contribution in [0.25, 0.3) is 5.70 Å². The average Bonchev–Trinajstić information content (AvgIpc) is 2.98. The Kier molecular flexibility index (Phi) is 3.48. The fraction of sp³-hybridized carbons (Fsp3) is 0.0952. The van der Waals surface area contributed by atoms with Crippen molar-refractivity contribution < 1.29 is 4.79 Å². The molecule has 1 aliphatic carbocycles. The highest BCUT2D eigenvalue weighted by Crippen LogP contribution is 2.47. The van der Waals surface area contributed by atoms with Crippen molar-refractivity contribution in [3.8, 4) is 0 Å². The van der Waals surface area contributed by atoms with Crippen LogP contribution >= 0.6 is 11.6 Å². The smallest absolute Gasteiger partial charge is 0.329 e. The van der Waals surface area contributed by atoms with Crippen molar-refractivity contribution in [2.45, 2.75) is 5.92 Å². The minimum atomic E-state index is -0.612. The summed E-state index contributed by atoms with van der Waals surface area (Å²) in [5.41, 5.74) is 2.53. The molecular formula is C21H14ClN3O3. The molecule has 0 unspecified atom stereocenters. The van der Waals surface area contributed by atoms with Crippen molar-refractivity contribution in [3.05, 3.63) is 102 Å². The van der Waals surface area contributed by atoms with Gasteiger partial charge in [-0.25, -0.2) is 4.79 Å². The molecule has 0 spiro atoms. The number of aromatic amines is 1. The normalized spacial score (nSPS) is 17.1. The quantitative estimate of drug-likeness (QED) is 0.668. The number of fused-ring (bicyclic) bond motifs is 3. The molecule has 1 atom stereocenters. The van der Waals surface area contributed by atoms with Gasteiger partial charge in [0.1, 0.15) is 5.82 Å². The molecule has 0 fully saturated rings. The van der Waals surface area contributed by atoms with Crippen LogP contribution < -0.4 is 16.6 Å². The monoisotopic (exact) mass is 391 g/mol. The summed E-state index contributed by atoms with van der Waals surface area (Å²) >= 11 is 6.04. The molecule has 5 rings (SSSR count). The number of Topliss-reactive ketones (excluding diaryl/α,β-unsaturated/α-hetero) is 1. The molecular weight excluding hydrogens is 378 g/mol. The molecule has 0 radical (unpaired) electrons. The lowest BCUT2D eigenvalue weighted by molar-refractivity contribution is 0.103. The summed E-state index contributed by atoms with van der Waals surface area (Å²) in [7, 11) is 1.58. The first kappa shape index (κ1) is 16.8. The number of carbonyl (C=O) groups is 1. The van der Waals surface area contributed by atoms with E-state index in [0.717, 1.165) is 11.1 Å². The highest BCUT2D eigenvalue weighted by molar-refractivity contribution is 6.30. The second-order valence-electron chi connectivity index (χ2n) is 6.85. The number of ketones is 1. The van der Waals surface area contributed by atoms with E-state index < -0.39 is 17.2 Å². The van der Waals surface area contributed by atoms with E-state index in [9.17, 15) is 14.4 Å². The summed E-state index contributed by atoms with van der Waals surface area (Å²) in [5.74, 6) is -0.354. The molecule has 0 bridgehead atoms. The third-order valence-corrected chi connectivity index (χ3v) is 5.59. The van der Waals surface area contributed by atoms with Crippen molar-refractivity contribution in [2.75, 3.05) is 5.32 Å². The number of halogens is 1. The van der Waals surface area contributed by atoms with Crippen molar-refractivity contribution in [1.82, 2.24) is 9.55 Å². The third-order valence-electron chi connectivity index (χ3n) is 5.34. The number of nitrogens with one attached hydrogen (secondary N) is 2. The van der Waals surface area contributed by atoms with Gasteiger partial charge in [-0.3, -0.25) is 19.1 Å². The van der Waals surface area contributed by atoms with Gasteiger partial charge in [-0.15, -0.1) is 0 Å². The van der Waals surface area contributed by atoms with Gasteiger partial charge in [-0.2, -0.15) is 0 Å². The van der Waals surface area contributed by atoms with Crippen LogP contribution in [0.3, 0.4) is 0 Å². The summed E-state index contributed by atoms with van der Waals surface area (Å²) in [4.78, 5) is 40.6. The van der Waals surface area contributed by atoms with E-state index >= 15 is 0 Å². The number of nitrogens with zero attached hydrogens (tertiary/aromatic N) is 1. The Morgan fingerprint density at radius 2 is 1.64 bits per heavy atom. The summed E-state index contributed by atoms with van der Waals surface area (Å²) in [5, 5.41) is 3.74. The van der Waals surface area contributed by atoms with Crippen LogP contribution in [0, 0.1) is 0 Å². The van der Waals surface area contributed by atoms with Crippen LogP contribution in [-0.2, 0) is 7.05 Å². The Balaban J connectivity index is 1.87. The fourth-order valence-electron chi connectivity index (χ4n) is 4.02. The van der Waals surface area contributed by atoms with Gasteiger partial charge in [-0.1, -0.05) is 48.0 Å². The Morgan fingerprint density at radius 3 is 2.36 bits per heavy atom. The zero-order chi connectivity index (χ0) is 19.6. The number of rotatable bonds is 1. The van der Waals surface area contributed by atoms with Crippen LogP contribution in [0.5, 0.6) is 0 Å². The van der Waals surface area contributed by atoms with Gasteiger partial charge >= 0.3 is 5.69 Å². The van der Waals surface area contributed by atoms with E-state index in [4.69, 9.17) is 11.6 Å². The lowest BCUT2D eigenvalue weighted by Gasteiger charge is -2.29. The number of hydrogen-bond donors (Lipinski definition) is 2. The van der Waals surface area contributed by atoms with Gasteiger partial charge in [0.2, 0.25) is 0 Å². The fourth-order valence-corrected chi connectivity index (χ4v) is 4.15. The SMILES string of the molecule is Cn1c2c(c(=O)[nH]c1=O)[C@@H](c1ccc(Cl)cc1)C1=C(N2)c2ccccc2C1=O. The van der Waals surface area contributed by atoms with Crippen molar-refractivity contribution >= 4 is 28.9 Å². The average molecular weight is 392 g/mol. The predicted molar refractivity (Wildman–Crippen MR) is 107 cm³/mol. The van der Waals surface area contributed by atoms with Gasteiger partial charge in [0.15, 0.2) is 5.78 Å². The highest BCUT2D eigenvalue weighted by atomic mass is 35.5. The number of aromatic nitrogens is 2. The van der Waals surface area contributed by atoms with E-state index in [1.54, 1.807) is 37.4 Å². The third kappa shape index (κ3) is 2.18. The largest absolute Gasteiger partial charge is 0.340 e. The van der Waals surface area contributed by atoms with Gasteiger partial charge < -0.3 is 5.32 Å². The summed E-state index contributed by atoms with van der Waals surface area (Å²) in [6, 6.07) is 14.3. The maximum atomic E-state index is 13.2. The molecule has 0 amide bonds. The maximum Gasteiger partial charge on any atom is 0.329 e. The van der Waals surface area contributed by atoms with Gasteiger partial charge in [0.05, 0.1) is 11.3 Å². The van der Waals surface area contributed by atoms with Crippen molar-refractivity contribution in [3.63, 3.8) is 0 Å². The molecule has 1 aromatic heterocycles. The lowest BCUT2D eigenvalue weighted by atomic mass is 9.81. The minimum absolute atomic E-state index is 0.128. The Bertz CT molecular complexity index is 1320. The van der Waals surface area contributed by atoms with Crippen molar-refractivity contribution in [2.24, 2.45) is 7.05 Å². The zero-order valence-electron chi connectivity index (χ0n) is 14.7. The molecule has 138 valence electrons. The molecule has 2 aliphatic rings. The standard InChI is InChI=1S/C21H14ClN3O3/c1-25-19-16(20(27)24-21(25)28)14(10-6-8-11(22)9-7-10)15-17(23-19)12-4-2-3-5-13(12)18(15)26/h2-9,14,23H,1H3,(H,24,27,28)/t14-/m0/s1. The number of benzene rings is 2. The first-order chi connectivity index (χ1) is 13.5. The number of H-pyrrole nitrogens is 1. The molecule has 7 heteroatoms. The van der Waals surface area contributed by atoms with Crippen LogP contribution in [0.1, 0.15) is 33.0 Å². The molecule has 0 saturated heterocycles. The molecule has 0 saturated carbocycles.